The van der Waals surface area contributed by atoms with Gasteiger partial charge in [0.2, 0.25) is 0 Å². The first kappa shape index (κ1) is 10.9. The molecule has 74 valence electrons. The summed E-state index contributed by atoms with van der Waals surface area (Å²) < 4.78 is 25.2. The molecule has 0 atom stereocenters. The molecule has 0 saturated heterocycles. The quantitative estimate of drug-likeness (QED) is 0.832. The monoisotopic (exact) mass is 261 g/mol. The number of nitrogen functional groups attached to an aromatic ring is 1. The summed E-state index contributed by atoms with van der Waals surface area (Å²) in [6.45, 7) is 0. The van der Waals surface area contributed by atoms with E-state index in [1.54, 1.807) is 6.07 Å². The lowest BCUT2D eigenvalue weighted by atomic mass is 10.1. The van der Waals surface area contributed by atoms with E-state index in [1.165, 1.54) is 6.20 Å². The van der Waals surface area contributed by atoms with Gasteiger partial charge in [-0.3, -0.25) is 0 Å². The molecule has 0 aliphatic heterocycles. The molecular formula is C8H6BrF2N3. The zero-order valence-corrected chi connectivity index (χ0v) is 8.55. The maximum atomic E-state index is 12.6. The van der Waals surface area contributed by atoms with E-state index in [2.05, 4.69) is 20.9 Å². The van der Waals surface area contributed by atoms with Gasteiger partial charge in [-0.05, 0) is 5.56 Å². The van der Waals surface area contributed by atoms with E-state index < -0.39 is 6.43 Å². The third-order valence-electron chi connectivity index (χ3n) is 1.70. The summed E-state index contributed by atoms with van der Waals surface area (Å²) in [6.07, 6.45) is -1.48. The summed E-state index contributed by atoms with van der Waals surface area (Å²) in [4.78, 5) is 3.66. The van der Waals surface area contributed by atoms with Crippen LogP contribution in [0.2, 0.25) is 0 Å². The average Bonchev–Trinajstić information content (AvgIpc) is 2.17. The van der Waals surface area contributed by atoms with Gasteiger partial charge in [-0.1, -0.05) is 15.9 Å². The van der Waals surface area contributed by atoms with Crippen LogP contribution in [0.5, 0.6) is 0 Å². The van der Waals surface area contributed by atoms with E-state index in [-0.39, 0.29) is 27.8 Å². The van der Waals surface area contributed by atoms with Crippen molar-refractivity contribution >= 4 is 21.7 Å². The second kappa shape index (κ2) is 4.33. The number of nitrogens with zero attached hydrogens (tertiary/aromatic N) is 2. The molecular weight excluding hydrogens is 256 g/mol. The molecule has 1 heterocycles. The number of aromatic nitrogens is 1. The van der Waals surface area contributed by atoms with Gasteiger partial charge in [-0.2, -0.15) is 5.26 Å². The largest absolute Gasteiger partial charge is 0.383 e. The van der Waals surface area contributed by atoms with E-state index in [0.29, 0.717) is 0 Å². The van der Waals surface area contributed by atoms with Crippen LogP contribution < -0.4 is 5.73 Å². The summed E-state index contributed by atoms with van der Waals surface area (Å²) in [5.41, 5.74) is 5.02. The molecule has 0 aliphatic rings. The Bertz CT molecular complexity index is 387. The van der Waals surface area contributed by atoms with Crippen molar-refractivity contribution in [2.45, 2.75) is 11.8 Å². The first-order valence-electron chi connectivity index (χ1n) is 3.63. The fraction of sp³-hybridized carbons (Fsp3) is 0.250. The Morgan fingerprint density at radius 2 is 2.29 bits per heavy atom. The van der Waals surface area contributed by atoms with Gasteiger partial charge in [0, 0.05) is 17.1 Å². The lowest BCUT2D eigenvalue weighted by molar-refractivity contribution is 0.150. The molecule has 1 aromatic rings. The molecule has 6 heteroatoms. The number of hydrogen-bond acceptors (Lipinski definition) is 3. The third kappa shape index (κ3) is 1.82. The Morgan fingerprint density at radius 1 is 1.64 bits per heavy atom. The van der Waals surface area contributed by atoms with Crippen LogP contribution in [0.1, 0.15) is 23.1 Å². The van der Waals surface area contributed by atoms with Gasteiger partial charge in [0.15, 0.2) is 0 Å². The van der Waals surface area contributed by atoms with Crippen molar-refractivity contribution in [2.75, 3.05) is 5.73 Å². The summed E-state index contributed by atoms with van der Waals surface area (Å²) in [5, 5.41) is 8.87. The minimum absolute atomic E-state index is 0.160. The van der Waals surface area contributed by atoms with E-state index >= 15 is 0 Å². The molecule has 3 nitrogen and oxygen atoms in total. The number of nitrogens with two attached hydrogens (primary N) is 1. The van der Waals surface area contributed by atoms with Crippen molar-refractivity contribution in [2.24, 2.45) is 0 Å². The normalized spacial score (nSPS) is 10.2. The predicted molar refractivity (Wildman–Crippen MR) is 51.0 cm³/mol. The number of rotatable bonds is 2. The Kier molecular flexibility index (Phi) is 3.36. The molecule has 0 radical (unpaired) electrons. The van der Waals surface area contributed by atoms with Gasteiger partial charge >= 0.3 is 0 Å². The highest BCUT2D eigenvalue weighted by Crippen LogP contribution is 2.29. The van der Waals surface area contributed by atoms with Crippen LogP contribution in [-0.2, 0) is 5.33 Å². The van der Waals surface area contributed by atoms with Crippen LogP contribution in [0.4, 0.5) is 14.6 Å². The highest BCUT2D eigenvalue weighted by Gasteiger charge is 2.20. The SMILES string of the molecule is N#Cc1c(N)ncc(CBr)c1C(F)F. The highest BCUT2D eigenvalue weighted by atomic mass is 79.9. The number of alkyl halides is 3. The summed E-state index contributed by atoms with van der Waals surface area (Å²) in [5.74, 6) is -0.160. The van der Waals surface area contributed by atoms with Crippen LogP contribution in [0.3, 0.4) is 0 Å². The van der Waals surface area contributed by atoms with Crippen LogP contribution in [0.25, 0.3) is 0 Å². The zero-order valence-electron chi connectivity index (χ0n) is 6.97. The number of anilines is 1. The van der Waals surface area contributed by atoms with Crippen molar-refractivity contribution in [1.29, 1.82) is 5.26 Å². The first-order chi connectivity index (χ1) is 6.61. The Labute approximate surface area is 87.7 Å². The standard InChI is InChI=1S/C8H6BrF2N3/c9-1-4-3-14-8(13)5(2-12)6(4)7(10)11/h3,7H,1H2,(H2,13,14). The molecule has 0 aliphatic carbocycles. The fourth-order valence-corrected chi connectivity index (χ4v) is 1.50. The summed E-state index contributed by atoms with van der Waals surface area (Å²) >= 11 is 3.04. The van der Waals surface area contributed by atoms with Crippen molar-refractivity contribution < 1.29 is 8.78 Å². The van der Waals surface area contributed by atoms with E-state index in [4.69, 9.17) is 11.0 Å². The summed E-state index contributed by atoms with van der Waals surface area (Å²) in [6, 6.07) is 1.63. The average molecular weight is 262 g/mol. The van der Waals surface area contributed by atoms with E-state index in [0.717, 1.165) is 0 Å². The number of hydrogen-bond donors (Lipinski definition) is 1. The minimum Gasteiger partial charge on any atom is -0.383 e. The molecule has 14 heavy (non-hydrogen) atoms. The van der Waals surface area contributed by atoms with Crippen molar-refractivity contribution in [3.8, 4) is 6.07 Å². The first-order valence-corrected chi connectivity index (χ1v) is 4.75. The Hall–Kier alpha value is -1.22. The second-order valence-electron chi connectivity index (χ2n) is 2.50. The Balaban J connectivity index is 3.46. The van der Waals surface area contributed by atoms with Gasteiger partial charge in [0.05, 0.1) is 0 Å². The second-order valence-corrected chi connectivity index (χ2v) is 3.06. The maximum Gasteiger partial charge on any atom is 0.265 e. The molecule has 1 aromatic heterocycles. The van der Waals surface area contributed by atoms with Crippen molar-refractivity contribution in [1.82, 2.24) is 4.98 Å². The zero-order chi connectivity index (χ0) is 10.7. The molecule has 0 fully saturated rings. The highest BCUT2D eigenvalue weighted by molar-refractivity contribution is 9.08. The van der Waals surface area contributed by atoms with Crippen LogP contribution in [-0.4, -0.2) is 4.98 Å². The fourth-order valence-electron chi connectivity index (χ4n) is 1.05. The molecule has 0 spiro atoms. The Morgan fingerprint density at radius 3 is 2.71 bits per heavy atom. The van der Waals surface area contributed by atoms with Crippen LogP contribution in [0, 0.1) is 11.3 Å². The topological polar surface area (TPSA) is 62.7 Å². The molecule has 0 saturated carbocycles. The summed E-state index contributed by atoms with van der Waals surface area (Å²) in [7, 11) is 0. The minimum atomic E-state index is -2.72. The van der Waals surface area contributed by atoms with Gasteiger partial charge < -0.3 is 5.73 Å². The number of nitriles is 1. The van der Waals surface area contributed by atoms with Crippen molar-refractivity contribution in [3.63, 3.8) is 0 Å². The molecule has 0 bridgehead atoms. The van der Waals surface area contributed by atoms with Crippen LogP contribution in [0.15, 0.2) is 6.20 Å². The molecule has 0 amide bonds. The van der Waals surface area contributed by atoms with Gasteiger partial charge in [-0.25, -0.2) is 13.8 Å². The van der Waals surface area contributed by atoms with E-state index in [1.807, 2.05) is 0 Å². The maximum absolute atomic E-state index is 12.6. The molecule has 0 unspecified atom stereocenters. The lowest BCUT2D eigenvalue weighted by Crippen LogP contribution is -2.04. The third-order valence-corrected chi connectivity index (χ3v) is 2.31. The van der Waals surface area contributed by atoms with Crippen molar-refractivity contribution in [3.05, 3.63) is 22.9 Å². The predicted octanol–water partition coefficient (Wildman–Crippen LogP) is 2.37. The van der Waals surface area contributed by atoms with E-state index in [9.17, 15) is 8.78 Å². The number of pyridine rings is 1. The van der Waals surface area contributed by atoms with Gasteiger partial charge in [0.1, 0.15) is 17.5 Å². The lowest BCUT2D eigenvalue weighted by Gasteiger charge is -2.09. The molecule has 0 aromatic carbocycles. The molecule has 2 N–H and O–H groups in total. The van der Waals surface area contributed by atoms with Gasteiger partial charge in [-0.15, -0.1) is 0 Å². The molecule has 1 rings (SSSR count). The van der Waals surface area contributed by atoms with Crippen LogP contribution >= 0.6 is 15.9 Å². The number of halogens is 3. The van der Waals surface area contributed by atoms with Gasteiger partial charge in [0.25, 0.3) is 6.43 Å². The smallest absolute Gasteiger partial charge is 0.265 e.